The average Bonchev–Trinajstić information content (AvgIpc) is 2.35. The standard InChI is InChI=1S/C16H27NO/c1-7-17-16(13(5)11(2)3)14-8-9-15(18-6)12(4)10-14/h8-11,13,16-17H,7H2,1-6H3. The Morgan fingerprint density at radius 2 is 1.89 bits per heavy atom. The smallest absolute Gasteiger partial charge is 0.121 e. The molecule has 2 nitrogen and oxygen atoms in total. The SMILES string of the molecule is CCNC(c1ccc(OC)c(C)c1)C(C)C(C)C. The second kappa shape index (κ2) is 6.79. The van der Waals surface area contributed by atoms with Gasteiger partial charge in [0, 0.05) is 6.04 Å². The summed E-state index contributed by atoms with van der Waals surface area (Å²) < 4.78 is 5.33. The van der Waals surface area contributed by atoms with E-state index in [0.717, 1.165) is 12.3 Å². The molecule has 0 radical (unpaired) electrons. The lowest BCUT2D eigenvalue weighted by molar-refractivity contribution is 0.307. The Kier molecular flexibility index (Phi) is 5.67. The van der Waals surface area contributed by atoms with Gasteiger partial charge >= 0.3 is 0 Å². The number of benzene rings is 1. The molecule has 0 fully saturated rings. The van der Waals surface area contributed by atoms with Gasteiger partial charge in [-0.3, -0.25) is 0 Å². The molecule has 0 spiro atoms. The van der Waals surface area contributed by atoms with E-state index < -0.39 is 0 Å². The minimum Gasteiger partial charge on any atom is -0.496 e. The van der Waals surface area contributed by atoms with Gasteiger partial charge in [-0.25, -0.2) is 0 Å². The Morgan fingerprint density at radius 3 is 2.33 bits per heavy atom. The first kappa shape index (κ1) is 15.0. The third kappa shape index (κ3) is 3.49. The summed E-state index contributed by atoms with van der Waals surface area (Å²) in [7, 11) is 1.72. The Hall–Kier alpha value is -1.02. The highest BCUT2D eigenvalue weighted by atomic mass is 16.5. The molecule has 0 heterocycles. The number of ether oxygens (including phenoxy) is 1. The van der Waals surface area contributed by atoms with Crippen LogP contribution in [0.4, 0.5) is 0 Å². The summed E-state index contributed by atoms with van der Waals surface area (Å²) in [5.41, 5.74) is 2.56. The lowest BCUT2D eigenvalue weighted by atomic mass is 9.85. The minimum absolute atomic E-state index is 0.416. The van der Waals surface area contributed by atoms with Crippen LogP contribution in [0.1, 0.15) is 44.9 Å². The van der Waals surface area contributed by atoms with Crippen molar-refractivity contribution in [1.29, 1.82) is 0 Å². The van der Waals surface area contributed by atoms with Crippen LogP contribution in [-0.4, -0.2) is 13.7 Å². The highest BCUT2D eigenvalue weighted by Crippen LogP contribution is 2.30. The van der Waals surface area contributed by atoms with Crippen molar-refractivity contribution < 1.29 is 4.74 Å². The maximum Gasteiger partial charge on any atom is 0.121 e. The Bertz CT molecular complexity index is 373. The Balaban J connectivity index is 3.02. The van der Waals surface area contributed by atoms with Gasteiger partial charge in [0.1, 0.15) is 5.75 Å². The summed E-state index contributed by atoms with van der Waals surface area (Å²) in [6.45, 7) is 12.1. The van der Waals surface area contributed by atoms with Crippen LogP contribution in [0, 0.1) is 18.8 Å². The van der Waals surface area contributed by atoms with Gasteiger partial charge in [-0.05, 0) is 42.5 Å². The molecule has 0 aliphatic carbocycles. The van der Waals surface area contributed by atoms with Crippen LogP contribution in [-0.2, 0) is 0 Å². The molecule has 18 heavy (non-hydrogen) atoms. The molecular weight excluding hydrogens is 222 g/mol. The van der Waals surface area contributed by atoms with E-state index in [1.165, 1.54) is 11.1 Å². The van der Waals surface area contributed by atoms with E-state index in [-0.39, 0.29) is 0 Å². The third-order valence-electron chi connectivity index (χ3n) is 3.78. The second-order valence-electron chi connectivity index (χ2n) is 5.37. The summed E-state index contributed by atoms with van der Waals surface area (Å²) in [4.78, 5) is 0. The minimum atomic E-state index is 0.416. The fourth-order valence-electron chi connectivity index (χ4n) is 2.31. The van der Waals surface area contributed by atoms with Crippen LogP contribution in [0.2, 0.25) is 0 Å². The molecule has 2 atom stereocenters. The first-order valence-corrected chi connectivity index (χ1v) is 6.89. The van der Waals surface area contributed by atoms with E-state index in [0.29, 0.717) is 17.9 Å². The van der Waals surface area contributed by atoms with E-state index in [9.17, 15) is 0 Å². The van der Waals surface area contributed by atoms with E-state index in [4.69, 9.17) is 4.74 Å². The summed E-state index contributed by atoms with van der Waals surface area (Å²) in [5.74, 6) is 2.24. The predicted octanol–water partition coefficient (Wildman–Crippen LogP) is 3.95. The molecule has 0 bridgehead atoms. The number of methoxy groups -OCH3 is 1. The first-order chi connectivity index (χ1) is 8.51. The fourth-order valence-corrected chi connectivity index (χ4v) is 2.31. The topological polar surface area (TPSA) is 21.3 Å². The summed E-state index contributed by atoms with van der Waals surface area (Å²) in [6.07, 6.45) is 0. The molecule has 2 heteroatoms. The molecule has 2 unspecified atom stereocenters. The lowest BCUT2D eigenvalue weighted by Crippen LogP contribution is -2.29. The Morgan fingerprint density at radius 1 is 1.22 bits per heavy atom. The highest BCUT2D eigenvalue weighted by molar-refractivity contribution is 5.37. The van der Waals surface area contributed by atoms with Crippen LogP contribution in [0.15, 0.2) is 18.2 Å². The number of hydrogen-bond acceptors (Lipinski definition) is 2. The number of hydrogen-bond donors (Lipinski definition) is 1. The molecule has 1 rings (SSSR count). The van der Waals surface area contributed by atoms with Crippen molar-refractivity contribution in [3.05, 3.63) is 29.3 Å². The van der Waals surface area contributed by atoms with E-state index in [2.05, 4.69) is 58.1 Å². The van der Waals surface area contributed by atoms with Crippen molar-refractivity contribution in [2.24, 2.45) is 11.8 Å². The predicted molar refractivity (Wildman–Crippen MR) is 78.2 cm³/mol. The van der Waals surface area contributed by atoms with Gasteiger partial charge in [0.05, 0.1) is 7.11 Å². The lowest BCUT2D eigenvalue weighted by Gasteiger charge is -2.28. The van der Waals surface area contributed by atoms with Crippen molar-refractivity contribution in [3.63, 3.8) is 0 Å². The van der Waals surface area contributed by atoms with Crippen LogP contribution in [0.5, 0.6) is 5.75 Å². The molecule has 0 aliphatic rings. The molecule has 0 aromatic heterocycles. The monoisotopic (exact) mass is 249 g/mol. The number of aryl methyl sites for hydroxylation is 1. The van der Waals surface area contributed by atoms with Crippen LogP contribution < -0.4 is 10.1 Å². The van der Waals surface area contributed by atoms with Gasteiger partial charge in [0.2, 0.25) is 0 Å². The first-order valence-electron chi connectivity index (χ1n) is 6.89. The van der Waals surface area contributed by atoms with Crippen molar-refractivity contribution in [3.8, 4) is 5.75 Å². The molecule has 1 aromatic carbocycles. The van der Waals surface area contributed by atoms with Crippen LogP contribution in [0.3, 0.4) is 0 Å². The molecule has 0 amide bonds. The summed E-state index contributed by atoms with van der Waals surface area (Å²) in [6, 6.07) is 6.91. The number of rotatable bonds is 6. The third-order valence-corrected chi connectivity index (χ3v) is 3.78. The maximum absolute atomic E-state index is 5.33. The van der Waals surface area contributed by atoms with Gasteiger partial charge < -0.3 is 10.1 Å². The van der Waals surface area contributed by atoms with E-state index in [1.807, 2.05) is 0 Å². The van der Waals surface area contributed by atoms with Crippen molar-refractivity contribution in [2.45, 2.75) is 40.7 Å². The molecule has 0 aliphatic heterocycles. The Labute approximate surface area is 112 Å². The van der Waals surface area contributed by atoms with Gasteiger partial charge in [0.15, 0.2) is 0 Å². The zero-order valence-corrected chi connectivity index (χ0v) is 12.6. The van der Waals surface area contributed by atoms with Gasteiger partial charge in [-0.2, -0.15) is 0 Å². The largest absolute Gasteiger partial charge is 0.496 e. The van der Waals surface area contributed by atoms with Crippen LogP contribution >= 0.6 is 0 Å². The average molecular weight is 249 g/mol. The number of nitrogens with one attached hydrogen (secondary N) is 1. The molecule has 102 valence electrons. The van der Waals surface area contributed by atoms with E-state index in [1.54, 1.807) is 7.11 Å². The van der Waals surface area contributed by atoms with Gasteiger partial charge in [0.25, 0.3) is 0 Å². The van der Waals surface area contributed by atoms with Gasteiger partial charge in [-0.1, -0.05) is 39.8 Å². The summed E-state index contributed by atoms with van der Waals surface area (Å²) >= 11 is 0. The molecular formula is C16H27NO. The second-order valence-corrected chi connectivity index (χ2v) is 5.37. The van der Waals surface area contributed by atoms with E-state index >= 15 is 0 Å². The van der Waals surface area contributed by atoms with Crippen molar-refractivity contribution in [1.82, 2.24) is 5.32 Å². The normalized spacial score (nSPS) is 14.6. The zero-order valence-electron chi connectivity index (χ0n) is 12.6. The molecule has 0 saturated carbocycles. The summed E-state index contributed by atoms with van der Waals surface area (Å²) in [5, 5.41) is 3.60. The van der Waals surface area contributed by atoms with Crippen LogP contribution in [0.25, 0.3) is 0 Å². The van der Waals surface area contributed by atoms with Crippen molar-refractivity contribution in [2.75, 3.05) is 13.7 Å². The zero-order chi connectivity index (χ0) is 13.7. The molecule has 0 saturated heterocycles. The maximum atomic E-state index is 5.33. The quantitative estimate of drug-likeness (QED) is 0.824. The highest BCUT2D eigenvalue weighted by Gasteiger charge is 2.21. The molecule has 1 N–H and O–H groups in total. The fraction of sp³-hybridized carbons (Fsp3) is 0.625. The van der Waals surface area contributed by atoms with Gasteiger partial charge in [-0.15, -0.1) is 0 Å². The van der Waals surface area contributed by atoms with Crippen molar-refractivity contribution >= 4 is 0 Å². The molecule has 1 aromatic rings.